The van der Waals surface area contributed by atoms with Gasteiger partial charge in [-0.15, -0.1) is 0 Å². The third-order valence-corrected chi connectivity index (χ3v) is 3.53. The van der Waals surface area contributed by atoms with Crippen LogP contribution in [-0.4, -0.2) is 17.2 Å². The minimum Gasteiger partial charge on any atom is -0.507 e. The number of phenols is 1. The number of hydrogen-bond acceptors (Lipinski definition) is 3. The van der Waals surface area contributed by atoms with Crippen LogP contribution in [-0.2, 0) is 11.2 Å². The van der Waals surface area contributed by atoms with Crippen LogP contribution in [0.1, 0.15) is 11.1 Å². The topological polar surface area (TPSA) is 61.7 Å². The van der Waals surface area contributed by atoms with Crippen molar-refractivity contribution in [2.45, 2.75) is 6.42 Å². The second-order valence-corrected chi connectivity index (χ2v) is 5.18. The molecule has 0 bridgehead atoms. The highest BCUT2D eigenvalue weighted by Crippen LogP contribution is 2.27. The van der Waals surface area contributed by atoms with E-state index in [-0.39, 0.29) is 18.1 Å². The predicted molar refractivity (Wildman–Crippen MR) is 91.5 cm³/mol. The van der Waals surface area contributed by atoms with Gasteiger partial charge in [-0.3, -0.25) is 4.79 Å². The molecule has 23 heavy (non-hydrogen) atoms. The Kier molecular flexibility index (Phi) is 4.34. The van der Waals surface area contributed by atoms with Crippen molar-refractivity contribution in [1.82, 2.24) is 5.43 Å². The van der Waals surface area contributed by atoms with Crippen LogP contribution in [0.5, 0.6) is 5.75 Å². The maximum atomic E-state index is 11.8. The van der Waals surface area contributed by atoms with Crippen LogP contribution in [0.2, 0.25) is 0 Å². The van der Waals surface area contributed by atoms with Gasteiger partial charge in [0.15, 0.2) is 0 Å². The minimum atomic E-state index is -0.201. The molecule has 114 valence electrons. The van der Waals surface area contributed by atoms with E-state index in [2.05, 4.69) is 10.5 Å². The summed E-state index contributed by atoms with van der Waals surface area (Å²) in [5.74, 6) is -0.0445. The highest BCUT2D eigenvalue weighted by Gasteiger charge is 2.04. The molecule has 1 amide bonds. The Morgan fingerprint density at radius 1 is 1.00 bits per heavy atom. The van der Waals surface area contributed by atoms with Crippen LogP contribution < -0.4 is 5.43 Å². The summed E-state index contributed by atoms with van der Waals surface area (Å²) >= 11 is 0. The van der Waals surface area contributed by atoms with E-state index in [0.717, 1.165) is 16.3 Å². The number of rotatable bonds is 4. The molecular weight excluding hydrogens is 288 g/mol. The van der Waals surface area contributed by atoms with E-state index in [4.69, 9.17) is 0 Å². The van der Waals surface area contributed by atoms with Crippen molar-refractivity contribution in [1.29, 1.82) is 0 Å². The molecule has 0 unspecified atom stereocenters. The van der Waals surface area contributed by atoms with Gasteiger partial charge in [-0.25, -0.2) is 5.43 Å². The summed E-state index contributed by atoms with van der Waals surface area (Å²) in [6, 6.07) is 20.7. The molecule has 0 aliphatic rings. The van der Waals surface area contributed by atoms with Crippen LogP contribution in [0, 0.1) is 0 Å². The monoisotopic (exact) mass is 304 g/mol. The molecular formula is C19H16N2O2. The first-order chi connectivity index (χ1) is 11.2. The molecule has 0 atom stereocenters. The number of benzene rings is 3. The van der Waals surface area contributed by atoms with Crippen molar-refractivity contribution in [3.8, 4) is 5.75 Å². The molecule has 0 radical (unpaired) electrons. The Hall–Kier alpha value is -3.14. The SMILES string of the molecule is O=C(Cc1ccccc1)NN=Cc1ccc2ccccc2c1O. The molecule has 4 heteroatoms. The van der Waals surface area contributed by atoms with E-state index in [9.17, 15) is 9.90 Å². The van der Waals surface area contributed by atoms with Gasteiger partial charge in [0, 0.05) is 10.9 Å². The molecule has 3 aromatic carbocycles. The summed E-state index contributed by atoms with van der Waals surface area (Å²) in [5.41, 5.74) is 3.96. The molecule has 0 aromatic heterocycles. The Balaban J connectivity index is 1.68. The molecule has 3 aromatic rings. The zero-order valence-electron chi connectivity index (χ0n) is 12.4. The van der Waals surface area contributed by atoms with Gasteiger partial charge in [-0.1, -0.05) is 60.7 Å². The van der Waals surface area contributed by atoms with E-state index >= 15 is 0 Å². The van der Waals surface area contributed by atoms with E-state index < -0.39 is 0 Å². The highest BCUT2D eigenvalue weighted by atomic mass is 16.3. The molecule has 0 saturated carbocycles. The van der Waals surface area contributed by atoms with Crippen molar-refractivity contribution in [3.05, 3.63) is 77.9 Å². The van der Waals surface area contributed by atoms with Crippen LogP contribution in [0.25, 0.3) is 10.8 Å². The second kappa shape index (κ2) is 6.75. The molecule has 0 heterocycles. The van der Waals surface area contributed by atoms with Gasteiger partial charge in [-0.05, 0) is 17.0 Å². The fraction of sp³-hybridized carbons (Fsp3) is 0.0526. The van der Waals surface area contributed by atoms with Crippen molar-refractivity contribution in [2.24, 2.45) is 5.10 Å². The summed E-state index contributed by atoms with van der Waals surface area (Å²) in [5, 5.41) is 15.9. The number of nitrogens with one attached hydrogen (secondary N) is 1. The molecule has 0 saturated heterocycles. The van der Waals surface area contributed by atoms with Gasteiger partial charge in [-0.2, -0.15) is 5.10 Å². The van der Waals surface area contributed by atoms with Crippen LogP contribution in [0.4, 0.5) is 0 Å². The molecule has 0 spiro atoms. The summed E-state index contributed by atoms with van der Waals surface area (Å²) < 4.78 is 0. The van der Waals surface area contributed by atoms with Crippen LogP contribution in [0.15, 0.2) is 71.8 Å². The van der Waals surface area contributed by atoms with Gasteiger partial charge >= 0.3 is 0 Å². The number of hydrazone groups is 1. The first kappa shape index (κ1) is 14.8. The van der Waals surface area contributed by atoms with Crippen LogP contribution in [0.3, 0.4) is 0 Å². The highest BCUT2D eigenvalue weighted by molar-refractivity contribution is 5.97. The molecule has 0 aliphatic heterocycles. The quantitative estimate of drug-likeness (QED) is 0.574. The summed E-state index contributed by atoms with van der Waals surface area (Å²) in [6.45, 7) is 0. The summed E-state index contributed by atoms with van der Waals surface area (Å²) in [4.78, 5) is 11.8. The van der Waals surface area contributed by atoms with E-state index in [0.29, 0.717) is 5.56 Å². The molecule has 0 aliphatic carbocycles. The fourth-order valence-electron chi connectivity index (χ4n) is 2.37. The normalized spacial score (nSPS) is 11.0. The summed E-state index contributed by atoms with van der Waals surface area (Å²) in [7, 11) is 0. The number of nitrogens with zero attached hydrogens (tertiary/aromatic N) is 1. The number of aromatic hydroxyl groups is 1. The lowest BCUT2D eigenvalue weighted by atomic mass is 10.1. The smallest absolute Gasteiger partial charge is 0.244 e. The molecule has 0 fully saturated rings. The number of phenolic OH excluding ortho intramolecular Hbond substituents is 1. The summed E-state index contributed by atoms with van der Waals surface area (Å²) in [6.07, 6.45) is 1.71. The van der Waals surface area contributed by atoms with Gasteiger partial charge in [0.2, 0.25) is 5.91 Å². The van der Waals surface area contributed by atoms with Crippen molar-refractivity contribution in [3.63, 3.8) is 0 Å². The minimum absolute atomic E-state index is 0.157. The number of fused-ring (bicyclic) bond motifs is 1. The Labute approximate surface area is 134 Å². The zero-order chi connectivity index (χ0) is 16.1. The number of amides is 1. The van der Waals surface area contributed by atoms with Crippen molar-refractivity contribution < 1.29 is 9.90 Å². The maximum absolute atomic E-state index is 11.8. The van der Waals surface area contributed by atoms with E-state index in [1.54, 1.807) is 6.07 Å². The van der Waals surface area contributed by atoms with Crippen LogP contribution >= 0.6 is 0 Å². The Morgan fingerprint density at radius 3 is 2.57 bits per heavy atom. The van der Waals surface area contributed by atoms with Gasteiger partial charge in [0.05, 0.1) is 12.6 Å². The number of hydrogen-bond donors (Lipinski definition) is 2. The lowest BCUT2D eigenvalue weighted by molar-refractivity contribution is -0.120. The first-order valence-electron chi connectivity index (χ1n) is 7.30. The number of carbonyl (C=O) groups is 1. The predicted octanol–water partition coefficient (Wildman–Crippen LogP) is 3.24. The third kappa shape index (κ3) is 3.55. The van der Waals surface area contributed by atoms with Gasteiger partial charge < -0.3 is 5.11 Å². The largest absolute Gasteiger partial charge is 0.507 e. The second-order valence-electron chi connectivity index (χ2n) is 5.18. The maximum Gasteiger partial charge on any atom is 0.244 e. The molecule has 3 rings (SSSR count). The lowest BCUT2D eigenvalue weighted by Crippen LogP contribution is -2.19. The van der Waals surface area contributed by atoms with E-state index in [1.807, 2.05) is 60.7 Å². The Bertz CT molecular complexity index is 858. The van der Waals surface area contributed by atoms with Gasteiger partial charge in [0.1, 0.15) is 5.75 Å². The average Bonchev–Trinajstić information content (AvgIpc) is 2.58. The standard InChI is InChI=1S/C19H16N2O2/c22-18(12-14-6-2-1-3-7-14)21-20-13-16-11-10-15-8-4-5-9-17(15)19(16)23/h1-11,13,23H,12H2,(H,21,22). The van der Waals surface area contributed by atoms with Gasteiger partial charge in [0.25, 0.3) is 0 Å². The average molecular weight is 304 g/mol. The number of carbonyl (C=O) groups excluding carboxylic acids is 1. The fourth-order valence-corrected chi connectivity index (χ4v) is 2.37. The van der Waals surface area contributed by atoms with Crippen molar-refractivity contribution in [2.75, 3.05) is 0 Å². The zero-order valence-corrected chi connectivity index (χ0v) is 12.4. The molecule has 2 N–H and O–H groups in total. The van der Waals surface area contributed by atoms with Crippen molar-refractivity contribution >= 4 is 22.9 Å². The molecule has 4 nitrogen and oxygen atoms in total. The first-order valence-corrected chi connectivity index (χ1v) is 7.30. The Morgan fingerprint density at radius 2 is 1.74 bits per heavy atom. The lowest BCUT2D eigenvalue weighted by Gasteiger charge is -2.04. The third-order valence-electron chi connectivity index (χ3n) is 3.53. The van der Waals surface area contributed by atoms with E-state index in [1.165, 1.54) is 6.21 Å².